The van der Waals surface area contributed by atoms with E-state index in [0.717, 1.165) is 5.57 Å². The minimum absolute atomic E-state index is 0.143. The van der Waals surface area contributed by atoms with E-state index in [4.69, 9.17) is 9.47 Å². The van der Waals surface area contributed by atoms with Crippen LogP contribution in [0, 0.1) is 34.5 Å². The number of hydrogen-bond acceptors (Lipinski definition) is 7. The van der Waals surface area contributed by atoms with E-state index in [2.05, 4.69) is 0 Å². The van der Waals surface area contributed by atoms with Gasteiger partial charge in [0, 0.05) is 23.2 Å². The highest BCUT2D eigenvalue weighted by Gasteiger charge is 2.81. The summed E-state index contributed by atoms with van der Waals surface area (Å²) >= 11 is 0. The highest BCUT2D eigenvalue weighted by atomic mass is 16.6. The van der Waals surface area contributed by atoms with Crippen LogP contribution in [-0.4, -0.2) is 57.8 Å². The molecule has 2 aliphatic heterocycles. The van der Waals surface area contributed by atoms with Crippen molar-refractivity contribution in [2.75, 3.05) is 6.61 Å². The predicted octanol–water partition coefficient (Wildman–Crippen LogP) is 0.166. The number of hydrogen-bond donors (Lipinski definition) is 3. The molecule has 3 N–H and O–H groups in total. The molecule has 4 fully saturated rings. The topological polar surface area (TPSA) is 113 Å². The second-order valence-corrected chi connectivity index (χ2v) is 9.53. The normalized spacial score (nSPS) is 58.9. The maximum absolute atomic E-state index is 12.5. The lowest BCUT2D eigenvalue weighted by atomic mass is 9.38. The molecule has 2 heterocycles. The molecule has 7 heteroatoms. The minimum atomic E-state index is -1.88. The highest BCUT2D eigenvalue weighted by Crippen LogP contribution is 2.73. The van der Waals surface area contributed by atoms with Crippen LogP contribution >= 0.6 is 0 Å². The standard InChI is InChI=1S/C20H26O7/c1-8-4-12(21)16(24)18(3)10(8)5-13-19-7-26-20(25,17(18)19)15(23)9(2)11(19)6-14(22)27-13/h4,9-11,13,15-17,23-25H,5-7H2,1-3H3/t9-,10+,11+,13-,15+,16-,17-,18-,19-,20+/m1/s1. The third kappa shape index (κ3) is 1.74. The van der Waals surface area contributed by atoms with E-state index in [9.17, 15) is 24.9 Å². The van der Waals surface area contributed by atoms with Crippen LogP contribution in [0.4, 0.5) is 0 Å². The number of rotatable bonds is 0. The average molecular weight is 378 g/mol. The van der Waals surface area contributed by atoms with Gasteiger partial charge in [0.25, 0.3) is 0 Å². The Kier molecular flexibility index (Phi) is 3.30. The van der Waals surface area contributed by atoms with E-state index in [0.29, 0.717) is 6.42 Å². The fourth-order valence-corrected chi connectivity index (χ4v) is 7.54. The Morgan fingerprint density at radius 3 is 2.67 bits per heavy atom. The Morgan fingerprint density at radius 2 is 1.96 bits per heavy atom. The Labute approximate surface area is 157 Å². The number of esters is 1. The summed E-state index contributed by atoms with van der Waals surface area (Å²) in [6.45, 7) is 5.62. The van der Waals surface area contributed by atoms with E-state index >= 15 is 0 Å². The van der Waals surface area contributed by atoms with Gasteiger partial charge in [-0.15, -0.1) is 0 Å². The Bertz CT molecular complexity index is 776. The van der Waals surface area contributed by atoms with Crippen molar-refractivity contribution in [2.45, 2.75) is 57.7 Å². The van der Waals surface area contributed by atoms with Crippen LogP contribution in [0.3, 0.4) is 0 Å². The zero-order valence-corrected chi connectivity index (χ0v) is 15.7. The van der Waals surface area contributed by atoms with Crippen LogP contribution in [0.15, 0.2) is 11.6 Å². The van der Waals surface area contributed by atoms with Crippen LogP contribution < -0.4 is 0 Å². The number of aliphatic hydroxyl groups is 3. The summed E-state index contributed by atoms with van der Waals surface area (Å²) in [5.41, 5.74) is -0.927. The molecule has 2 saturated carbocycles. The highest BCUT2D eigenvalue weighted by molar-refractivity contribution is 5.96. The van der Waals surface area contributed by atoms with Gasteiger partial charge in [0.15, 0.2) is 11.6 Å². The van der Waals surface area contributed by atoms with Gasteiger partial charge in [0.05, 0.1) is 6.61 Å². The third-order valence-electron chi connectivity index (χ3n) is 8.61. The first-order valence-corrected chi connectivity index (χ1v) is 9.72. The Balaban J connectivity index is 1.78. The van der Waals surface area contributed by atoms with Gasteiger partial charge in [0.2, 0.25) is 0 Å². The lowest BCUT2D eigenvalue weighted by Gasteiger charge is -2.67. The lowest BCUT2D eigenvalue weighted by Crippen LogP contribution is -2.75. The maximum atomic E-state index is 12.5. The SMILES string of the molecule is CC1=CC(=O)[C@@H](O)[C@]2(C)[C@H]3[C@@]4(O)OC[C@@]35[C@@H](C[C@@H]12)OC(=O)C[C@H]5[C@@H](C)[C@@H]4O. The van der Waals surface area contributed by atoms with Crippen molar-refractivity contribution >= 4 is 11.8 Å². The third-order valence-corrected chi connectivity index (χ3v) is 8.61. The van der Waals surface area contributed by atoms with Gasteiger partial charge >= 0.3 is 5.97 Å². The van der Waals surface area contributed by atoms with E-state index in [1.807, 2.05) is 20.8 Å². The summed E-state index contributed by atoms with van der Waals surface area (Å²) in [6, 6.07) is 0. The number of aliphatic hydroxyl groups excluding tert-OH is 2. The first kappa shape index (κ1) is 17.8. The number of allylic oxidation sites excluding steroid dienone is 1. The minimum Gasteiger partial charge on any atom is -0.462 e. The molecule has 2 saturated heterocycles. The second-order valence-electron chi connectivity index (χ2n) is 9.53. The molecule has 5 rings (SSSR count). The van der Waals surface area contributed by atoms with Gasteiger partial charge in [-0.05, 0) is 37.2 Å². The van der Waals surface area contributed by atoms with Crippen molar-refractivity contribution in [1.82, 2.24) is 0 Å². The van der Waals surface area contributed by atoms with E-state index in [-0.39, 0.29) is 42.5 Å². The molecule has 0 aromatic heterocycles. The number of ether oxygens (including phenoxy) is 2. The first-order valence-electron chi connectivity index (χ1n) is 9.72. The smallest absolute Gasteiger partial charge is 0.306 e. The molecule has 0 aromatic carbocycles. The number of carbonyl (C=O) groups excluding carboxylic acids is 2. The Hall–Kier alpha value is -1.28. The quantitative estimate of drug-likeness (QED) is 0.515. The van der Waals surface area contributed by atoms with Crippen molar-refractivity contribution in [1.29, 1.82) is 0 Å². The van der Waals surface area contributed by atoms with E-state index in [1.165, 1.54) is 6.08 Å². The molecule has 5 aliphatic rings. The van der Waals surface area contributed by atoms with Gasteiger partial charge in [-0.1, -0.05) is 19.4 Å². The lowest BCUT2D eigenvalue weighted by molar-refractivity contribution is -0.332. The molecule has 3 aliphatic carbocycles. The molecule has 0 unspecified atom stereocenters. The number of carbonyl (C=O) groups is 2. The summed E-state index contributed by atoms with van der Waals surface area (Å²) in [6.07, 6.45) is -0.917. The molecule has 0 amide bonds. The summed E-state index contributed by atoms with van der Waals surface area (Å²) in [5, 5.41) is 33.5. The zero-order valence-electron chi connectivity index (χ0n) is 15.7. The van der Waals surface area contributed by atoms with Gasteiger partial charge in [-0.2, -0.15) is 0 Å². The van der Waals surface area contributed by atoms with Crippen molar-refractivity contribution in [3.05, 3.63) is 11.6 Å². The van der Waals surface area contributed by atoms with Crippen LogP contribution in [0.5, 0.6) is 0 Å². The van der Waals surface area contributed by atoms with Crippen LogP contribution in [0.1, 0.15) is 33.6 Å². The molecule has 10 atom stereocenters. The summed E-state index contributed by atoms with van der Waals surface area (Å²) in [5.74, 6) is -4.15. The number of fused-ring (bicyclic) bond motifs is 1. The van der Waals surface area contributed by atoms with Crippen LogP contribution in [0.2, 0.25) is 0 Å². The predicted molar refractivity (Wildman–Crippen MR) is 91.0 cm³/mol. The van der Waals surface area contributed by atoms with Gasteiger partial charge < -0.3 is 24.8 Å². The van der Waals surface area contributed by atoms with Crippen molar-refractivity contribution < 1.29 is 34.4 Å². The molecular formula is C20H26O7. The fraction of sp³-hybridized carbons (Fsp3) is 0.800. The first-order chi connectivity index (χ1) is 12.6. The summed E-state index contributed by atoms with van der Waals surface area (Å²) < 4.78 is 11.6. The molecule has 0 radical (unpaired) electrons. The molecule has 0 aromatic rings. The average Bonchev–Trinajstić information content (AvgIpc) is 2.90. The summed E-state index contributed by atoms with van der Waals surface area (Å²) in [7, 11) is 0. The van der Waals surface area contributed by atoms with E-state index in [1.54, 1.807) is 0 Å². The summed E-state index contributed by atoms with van der Waals surface area (Å²) in [4.78, 5) is 24.9. The number of ketones is 1. The fourth-order valence-electron chi connectivity index (χ4n) is 7.54. The molecular weight excluding hydrogens is 352 g/mol. The van der Waals surface area contributed by atoms with Crippen LogP contribution in [-0.2, 0) is 19.1 Å². The van der Waals surface area contributed by atoms with Gasteiger partial charge in [0.1, 0.15) is 18.3 Å². The molecule has 1 spiro atoms. The van der Waals surface area contributed by atoms with Crippen LogP contribution in [0.25, 0.3) is 0 Å². The van der Waals surface area contributed by atoms with E-state index < -0.39 is 40.8 Å². The molecule has 7 nitrogen and oxygen atoms in total. The molecule has 27 heavy (non-hydrogen) atoms. The molecule has 2 bridgehead atoms. The monoisotopic (exact) mass is 378 g/mol. The van der Waals surface area contributed by atoms with Crippen molar-refractivity contribution in [3.63, 3.8) is 0 Å². The van der Waals surface area contributed by atoms with Crippen molar-refractivity contribution in [2.24, 2.45) is 34.5 Å². The second kappa shape index (κ2) is 5.00. The zero-order chi connectivity index (χ0) is 19.5. The molecule has 148 valence electrons. The Morgan fingerprint density at radius 1 is 1.26 bits per heavy atom. The largest absolute Gasteiger partial charge is 0.462 e. The maximum Gasteiger partial charge on any atom is 0.306 e. The van der Waals surface area contributed by atoms with Gasteiger partial charge in [-0.25, -0.2) is 0 Å². The van der Waals surface area contributed by atoms with Gasteiger partial charge in [-0.3, -0.25) is 9.59 Å². The van der Waals surface area contributed by atoms with Crippen molar-refractivity contribution in [3.8, 4) is 0 Å².